The van der Waals surface area contributed by atoms with Gasteiger partial charge in [0.05, 0.1) is 59.2 Å². The summed E-state index contributed by atoms with van der Waals surface area (Å²) in [6, 6.07) is 89.4. The molecule has 143 heavy (non-hydrogen) atoms. The normalized spacial score (nSPS) is 13.6. The molecule has 8 N–H and O–H groups in total. The van der Waals surface area contributed by atoms with Crippen molar-refractivity contribution < 1.29 is 44.3 Å². The third-order valence-electron chi connectivity index (χ3n) is 27.5. The number of nitrogens with zero attached hydrogens (tertiary/aromatic N) is 12. The number of rotatable bonds is 33. The second kappa shape index (κ2) is 48.3. The molecule has 4 aromatic heterocycles. The molecule has 0 saturated heterocycles. The molecule has 738 valence electrons. The number of aromatic nitrogens is 8. The van der Waals surface area contributed by atoms with Gasteiger partial charge in [-0.1, -0.05) is 281 Å². The molecule has 0 bridgehead atoms. The van der Waals surface area contributed by atoms with E-state index in [4.69, 9.17) is 16.3 Å². The number of aliphatic hydroxyl groups excluding tert-OH is 4. The summed E-state index contributed by atoms with van der Waals surface area (Å²) in [4.78, 5) is 62.7. The first kappa shape index (κ1) is 101. The van der Waals surface area contributed by atoms with E-state index in [9.17, 15) is 39.6 Å². The minimum absolute atomic E-state index is 0.000985. The summed E-state index contributed by atoms with van der Waals surface area (Å²) in [6.45, 7) is 23.9. The Morgan fingerprint density at radius 1 is 0.357 bits per heavy atom. The standard InChI is InChI=1S/2C30H34N4O2.C29H32N4O3.C28H29ClN4O2/c1-21(2)23-12-10-22(11-13-23)19-33-15-14-28-27(20-33)29(32-34(28)16-17-35)30(36)31-18-25-8-5-7-24-6-3-4-9-26(24)25;1-2-6-22-11-13-23(14-12-22)20-33-16-15-28-27(21-33)29(32-34(28)17-18-35)30(36)31-19-25-9-5-8-24-7-3-4-10-26(24)25;1-2-36-24-12-10-21(11-13-24)19-32-15-14-27-26(20-32)28(31-33(27)16-17-34)29(35)30-18-23-8-5-7-22-6-3-4-9-25(22)23;1-19-9-10-20(15-25(19)29)17-32-12-11-26-24(18-32)27(31-33(26)13-14-34)28(35)30-16-22-7-4-6-21-5-2-3-8-23(21)22/h3-13,21,35H,14-20H2,1-2H3,(H,31,36);3-5,7-14,35H,2,6,15-21H2,1H3,(H,31,36);3-13,34H,2,14-20H2,1H3,(H,30,35);2-10,15,34H,11-14,16-18H2,1H3,(H,30,35). The number of carbonyl (C=O) groups is 4. The number of hydrogen-bond acceptors (Lipinski definition) is 17. The van der Waals surface area contributed by atoms with Crippen molar-refractivity contribution in [3.63, 3.8) is 0 Å². The van der Waals surface area contributed by atoms with Crippen LogP contribution in [0.2, 0.25) is 5.02 Å². The summed E-state index contributed by atoms with van der Waals surface area (Å²) in [5, 5.41) is 79.0. The summed E-state index contributed by atoms with van der Waals surface area (Å²) >= 11 is 6.33. The van der Waals surface area contributed by atoms with E-state index < -0.39 is 0 Å². The number of halogens is 1. The first-order valence-corrected chi connectivity index (χ1v) is 50.6. The molecule has 0 radical (unpaired) electrons. The van der Waals surface area contributed by atoms with Gasteiger partial charge < -0.3 is 46.4 Å². The van der Waals surface area contributed by atoms with Crippen LogP contribution in [0, 0.1) is 6.92 Å². The Morgan fingerprint density at radius 2 is 0.636 bits per heavy atom. The minimum atomic E-state index is -0.189. The molecule has 12 aromatic carbocycles. The van der Waals surface area contributed by atoms with Crippen LogP contribution >= 0.6 is 11.6 Å². The SMILES string of the molecule is CC(C)c1ccc(CN2CCc3c(c(C(=O)NCc4cccc5ccccc45)nn3CCO)C2)cc1.CCCc1ccc(CN2CCc3c(c(C(=O)NCc4cccc5ccccc45)nn3CCO)C2)cc1.CCOc1ccc(CN2CCc3c(c(C(=O)NCc4cccc5ccccc45)nn3CCO)C2)cc1.Cc1ccc(CN2CCc3c(c(C(=O)NCc4cccc5ccccc45)nn3CCO)C2)cc1Cl. The number of fused-ring (bicyclic) bond motifs is 8. The van der Waals surface area contributed by atoms with Crippen molar-refractivity contribution in [3.05, 3.63) is 395 Å². The van der Waals surface area contributed by atoms with Gasteiger partial charge in [-0.2, -0.15) is 20.4 Å². The lowest BCUT2D eigenvalue weighted by Gasteiger charge is -2.28. The summed E-state index contributed by atoms with van der Waals surface area (Å²) in [7, 11) is 0. The molecule has 0 unspecified atom stereocenters. The van der Waals surface area contributed by atoms with Gasteiger partial charge in [-0.15, -0.1) is 0 Å². The number of aliphatic hydroxyl groups is 4. The van der Waals surface area contributed by atoms with E-state index in [-0.39, 0.29) is 50.1 Å². The smallest absolute Gasteiger partial charge is 0.272 e. The molecule has 25 nitrogen and oxygen atoms in total. The van der Waals surface area contributed by atoms with E-state index >= 15 is 0 Å². The fourth-order valence-electron chi connectivity index (χ4n) is 20.1. The average Bonchev–Trinajstić information content (AvgIpc) is 1.64. The van der Waals surface area contributed by atoms with Gasteiger partial charge in [0.1, 0.15) is 5.75 Å². The zero-order valence-corrected chi connectivity index (χ0v) is 83.2. The van der Waals surface area contributed by atoms with Gasteiger partial charge in [0.25, 0.3) is 23.6 Å². The van der Waals surface area contributed by atoms with Crippen molar-refractivity contribution in [1.82, 2.24) is 80.0 Å². The molecule has 0 atom stereocenters. The van der Waals surface area contributed by atoms with Crippen molar-refractivity contribution in [1.29, 1.82) is 0 Å². The number of amides is 4. The van der Waals surface area contributed by atoms with Crippen molar-refractivity contribution in [2.45, 2.75) is 184 Å². The van der Waals surface area contributed by atoms with Gasteiger partial charge in [-0.3, -0.25) is 57.5 Å². The Labute approximate surface area is 841 Å². The maximum atomic E-state index is 13.3. The highest BCUT2D eigenvalue weighted by molar-refractivity contribution is 6.31. The van der Waals surface area contributed by atoms with Crippen LogP contribution in [0.4, 0.5) is 0 Å². The molecule has 26 heteroatoms. The first-order valence-electron chi connectivity index (χ1n) is 50.2. The van der Waals surface area contributed by atoms with Gasteiger partial charge in [0, 0.05) is 180 Å². The topological polar surface area (TPSA) is 291 Å². The van der Waals surface area contributed by atoms with E-state index in [1.165, 1.54) is 27.8 Å². The molecule has 20 rings (SSSR count). The van der Waals surface area contributed by atoms with Gasteiger partial charge in [0.15, 0.2) is 22.8 Å². The fourth-order valence-corrected chi connectivity index (χ4v) is 20.3. The van der Waals surface area contributed by atoms with E-state index in [0.717, 1.165) is 223 Å². The largest absolute Gasteiger partial charge is 0.494 e. The zero-order valence-electron chi connectivity index (χ0n) is 82.4. The Balaban J connectivity index is 0.000000131. The van der Waals surface area contributed by atoms with Crippen LogP contribution in [0.3, 0.4) is 0 Å². The van der Waals surface area contributed by atoms with Gasteiger partial charge >= 0.3 is 0 Å². The molecule has 0 saturated carbocycles. The molecule has 4 aliphatic rings. The van der Waals surface area contributed by atoms with E-state index in [1.807, 2.05) is 132 Å². The highest BCUT2D eigenvalue weighted by Crippen LogP contribution is 2.34. The third-order valence-corrected chi connectivity index (χ3v) is 27.9. The van der Waals surface area contributed by atoms with E-state index in [1.54, 1.807) is 9.36 Å². The van der Waals surface area contributed by atoms with Crippen LogP contribution in [-0.4, -0.2) is 162 Å². The fraction of sp³-hybridized carbons (Fsp3) is 0.316. The number of nitrogens with one attached hydrogen (secondary N) is 4. The molecule has 4 aliphatic heterocycles. The molecule has 4 amide bonds. The van der Waals surface area contributed by atoms with Gasteiger partial charge in [0.2, 0.25) is 0 Å². The summed E-state index contributed by atoms with van der Waals surface area (Å²) in [5.41, 5.74) is 22.9. The number of aryl methyl sites for hydroxylation is 2. The first-order chi connectivity index (χ1) is 69.9. The van der Waals surface area contributed by atoms with Crippen LogP contribution in [0.15, 0.2) is 261 Å². The molecular formula is C117H129ClN16O9. The number of carbonyl (C=O) groups excluding carboxylic acids is 4. The van der Waals surface area contributed by atoms with Crippen molar-refractivity contribution >= 4 is 78.3 Å². The van der Waals surface area contributed by atoms with Gasteiger partial charge in [-0.25, -0.2) is 0 Å². The summed E-state index contributed by atoms with van der Waals surface area (Å²) < 4.78 is 12.8. The van der Waals surface area contributed by atoms with E-state index in [0.29, 0.717) is 114 Å². The van der Waals surface area contributed by atoms with Gasteiger partial charge in [-0.05, 0) is 149 Å². The Hall–Kier alpha value is -13.8. The highest BCUT2D eigenvalue weighted by Gasteiger charge is 2.34. The molecular weight excluding hydrogens is 1810 g/mol. The molecule has 16 aromatic rings. The third kappa shape index (κ3) is 24.7. The Bertz CT molecular complexity index is 6880. The van der Waals surface area contributed by atoms with E-state index in [2.05, 4.69) is 234 Å². The quantitative estimate of drug-likeness (QED) is 0.0190. The Morgan fingerprint density at radius 3 is 0.930 bits per heavy atom. The van der Waals surface area contributed by atoms with Crippen LogP contribution in [0.5, 0.6) is 5.75 Å². The van der Waals surface area contributed by atoms with Crippen molar-refractivity contribution in [2.75, 3.05) is 59.2 Å². The highest BCUT2D eigenvalue weighted by atomic mass is 35.5. The van der Waals surface area contributed by atoms with Crippen molar-refractivity contribution in [3.8, 4) is 5.75 Å². The second-order valence-corrected chi connectivity index (χ2v) is 38.0. The Kier molecular flexibility index (Phi) is 34.0. The lowest BCUT2D eigenvalue weighted by molar-refractivity contribution is 0.0934. The zero-order chi connectivity index (χ0) is 99.2. The molecule has 0 spiro atoms. The minimum Gasteiger partial charge on any atom is -0.494 e. The number of hydrogen-bond donors (Lipinski definition) is 8. The monoisotopic (exact) mass is 1940 g/mol. The maximum absolute atomic E-state index is 13.3. The van der Waals surface area contributed by atoms with Crippen LogP contribution in [-0.2, 0) is 137 Å². The molecule has 0 fully saturated rings. The van der Waals surface area contributed by atoms with Crippen LogP contribution in [0.25, 0.3) is 43.1 Å². The predicted molar refractivity (Wildman–Crippen MR) is 564 cm³/mol. The lowest BCUT2D eigenvalue weighted by Crippen LogP contribution is -2.32. The summed E-state index contributed by atoms with van der Waals surface area (Å²) in [5.74, 6) is 0.687. The van der Waals surface area contributed by atoms with Crippen LogP contribution in [0.1, 0.15) is 188 Å². The molecule has 8 heterocycles. The summed E-state index contributed by atoms with van der Waals surface area (Å²) in [6.07, 6.45) is 5.44. The number of benzene rings is 12. The predicted octanol–water partition coefficient (Wildman–Crippen LogP) is 17.5. The average molecular weight is 1940 g/mol. The lowest BCUT2D eigenvalue weighted by atomic mass is 10.0. The maximum Gasteiger partial charge on any atom is 0.272 e. The number of ether oxygens (including phenoxy) is 1. The van der Waals surface area contributed by atoms with Crippen LogP contribution < -0.4 is 26.0 Å². The molecule has 0 aliphatic carbocycles. The second-order valence-electron chi connectivity index (χ2n) is 37.6. The van der Waals surface area contributed by atoms with Crippen molar-refractivity contribution in [2.24, 2.45) is 0 Å².